The van der Waals surface area contributed by atoms with Crippen molar-refractivity contribution in [3.8, 4) is 0 Å². The zero-order chi connectivity index (χ0) is 14.8. The van der Waals surface area contributed by atoms with Crippen LogP contribution in [0.2, 0.25) is 0 Å². The highest BCUT2D eigenvalue weighted by Gasteiger charge is 2.35. The summed E-state index contributed by atoms with van der Waals surface area (Å²) in [6, 6.07) is 0. The highest BCUT2D eigenvalue weighted by Crippen LogP contribution is 2.21. The van der Waals surface area contributed by atoms with E-state index in [1.807, 2.05) is 0 Å². The topological polar surface area (TPSA) is 118 Å². The molecule has 0 spiro atoms. The monoisotopic (exact) mass is 317 g/mol. The first-order chi connectivity index (χ1) is 9.43. The second-order valence-electron chi connectivity index (χ2n) is 4.29. The number of anilines is 1. The Balaban J connectivity index is 2.25. The number of carbonyl (C=O) groups is 1. The molecule has 10 heteroatoms. The molecule has 1 atom stereocenters. The summed E-state index contributed by atoms with van der Waals surface area (Å²) in [6.45, 7) is 0.375. The SMILES string of the molecule is CS(=O)(=O)C1CSCCN1C(=O)c1cnc(NN)cn1. The van der Waals surface area contributed by atoms with Crippen LogP contribution < -0.4 is 11.3 Å². The van der Waals surface area contributed by atoms with Gasteiger partial charge in [0, 0.05) is 24.3 Å². The Labute approximate surface area is 121 Å². The molecule has 0 bridgehead atoms. The van der Waals surface area contributed by atoms with Crippen LogP contribution in [0.1, 0.15) is 10.5 Å². The number of amides is 1. The normalized spacial score (nSPS) is 19.7. The fourth-order valence-corrected chi connectivity index (χ4v) is 4.64. The number of thioether (sulfide) groups is 1. The summed E-state index contributed by atoms with van der Waals surface area (Å²) in [5.41, 5.74) is 2.41. The summed E-state index contributed by atoms with van der Waals surface area (Å²) < 4.78 is 23.5. The molecule has 1 unspecified atom stereocenters. The second kappa shape index (κ2) is 5.94. The van der Waals surface area contributed by atoms with Crippen molar-refractivity contribution in [1.82, 2.24) is 14.9 Å². The largest absolute Gasteiger partial charge is 0.319 e. The van der Waals surface area contributed by atoms with Gasteiger partial charge in [0.25, 0.3) is 5.91 Å². The molecule has 1 amide bonds. The molecule has 0 aliphatic carbocycles. The predicted molar refractivity (Wildman–Crippen MR) is 76.8 cm³/mol. The molecule has 20 heavy (non-hydrogen) atoms. The summed E-state index contributed by atoms with van der Waals surface area (Å²) in [4.78, 5) is 21.5. The second-order valence-corrected chi connectivity index (χ2v) is 7.64. The summed E-state index contributed by atoms with van der Waals surface area (Å²) in [6.07, 6.45) is 3.73. The van der Waals surface area contributed by atoms with Crippen molar-refractivity contribution in [3.05, 3.63) is 18.1 Å². The van der Waals surface area contributed by atoms with Crippen molar-refractivity contribution in [2.75, 3.05) is 29.7 Å². The minimum Gasteiger partial charge on any atom is -0.319 e. The fraction of sp³-hybridized carbons (Fsp3) is 0.500. The maximum atomic E-state index is 12.4. The summed E-state index contributed by atoms with van der Waals surface area (Å²) in [5.74, 6) is 6.14. The molecule has 0 radical (unpaired) electrons. The lowest BCUT2D eigenvalue weighted by atomic mass is 10.3. The lowest BCUT2D eigenvalue weighted by Gasteiger charge is -2.33. The van der Waals surface area contributed by atoms with Crippen molar-refractivity contribution >= 4 is 33.3 Å². The number of sulfone groups is 1. The highest BCUT2D eigenvalue weighted by atomic mass is 32.2. The van der Waals surface area contributed by atoms with Gasteiger partial charge in [-0.3, -0.25) is 4.79 Å². The van der Waals surface area contributed by atoms with Gasteiger partial charge in [0.2, 0.25) is 0 Å². The first kappa shape index (κ1) is 15.0. The van der Waals surface area contributed by atoms with E-state index in [-0.39, 0.29) is 5.69 Å². The number of nitrogen functional groups attached to an aromatic ring is 1. The number of hydrogen-bond donors (Lipinski definition) is 2. The molecule has 1 aromatic rings. The van der Waals surface area contributed by atoms with Crippen LogP contribution in [0.25, 0.3) is 0 Å². The summed E-state index contributed by atoms with van der Waals surface area (Å²) in [5, 5.41) is -0.817. The Bertz CT molecular complexity index is 589. The van der Waals surface area contributed by atoms with Gasteiger partial charge in [-0.1, -0.05) is 0 Å². The fourth-order valence-electron chi connectivity index (χ4n) is 1.83. The van der Waals surface area contributed by atoms with E-state index in [0.717, 1.165) is 6.26 Å². The third-order valence-electron chi connectivity index (χ3n) is 2.86. The van der Waals surface area contributed by atoms with E-state index in [1.165, 1.54) is 29.1 Å². The Kier molecular flexibility index (Phi) is 4.45. The van der Waals surface area contributed by atoms with E-state index < -0.39 is 21.1 Å². The van der Waals surface area contributed by atoms with E-state index in [4.69, 9.17) is 5.84 Å². The molecule has 110 valence electrons. The van der Waals surface area contributed by atoms with E-state index in [2.05, 4.69) is 15.4 Å². The number of nitrogens with one attached hydrogen (secondary N) is 1. The average molecular weight is 317 g/mol. The lowest BCUT2D eigenvalue weighted by molar-refractivity contribution is 0.0743. The van der Waals surface area contributed by atoms with E-state index in [9.17, 15) is 13.2 Å². The van der Waals surface area contributed by atoms with E-state index in [1.54, 1.807) is 0 Å². The summed E-state index contributed by atoms with van der Waals surface area (Å²) >= 11 is 1.52. The molecule has 2 heterocycles. The number of rotatable bonds is 3. The van der Waals surface area contributed by atoms with Crippen molar-refractivity contribution in [2.24, 2.45) is 5.84 Å². The van der Waals surface area contributed by atoms with Crippen LogP contribution in [0, 0.1) is 0 Å². The van der Waals surface area contributed by atoms with Gasteiger partial charge < -0.3 is 10.3 Å². The molecule has 0 saturated carbocycles. The minimum absolute atomic E-state index is 0.101. The Morgan fingerprint density at radius 1 is 1.50 bits per heavy atom. The van der Waals surface area contributed by atoms with E-state index >= 15 is 0 Å². The quantitative estimate of drug-likeness (QED) is 0.556. The maximum absolute atomic E-state index is 12.4. The number of nitrogens with zero attached hydrogens (tertiary/aromatic N) is 3. The Hall–Kier alpha value is -1.39. The molecule has 3 N–H and O–H groups in total. The zero-order valence-electron chi connectivity index (χ0n) is 10.8. The maximum Gasteiger partial charge on any atom is 0.275 e. The molecule has 1 aromatic heterocycles. The van der Waals surface area contributed by atoms with Crippen LogP contribution in [-0.4, -0.2) is 58.9 Å². The van der Waals surface area contributed by atoms with Crippen LogP contribution in [0.15, 0.2) is 12.4 Å². The highest BCUT2D eigenvalue weighted by molar-refractivity contribution is 8.00. The Morgan fingerprint density at radius 3 is 2.80 bits per heavy atom. The number of hydrogen-bond acceptors (Lipinski definition) is 8. The minimum atomic E-state index is -3.34. The molecule has 1 aliphatic rings. The first-order valence-electron chi connectivity index (χ1n) is 5.79. The standard InChI is InChI=1S/C10H15N5O3S2/c1-20(17,18)9-6-19-3-2-15(9)10(16)7-4-13-8(14-11)5-12-7/h4-5,9H,2-3,6,11H2,1H3,(H,13,14). The van der Waals surface area contributed by atoms with Gasteiger partial charge >= 0.3 is 0 Å². The number of carbonyl (C=O) groups excluding carboxylic acids is 1. The smallest absolute Gasteiger partial charge is 0.275 e. The average Bonchev–Trinajstić information content (AvgIpc) is 2.46. The van der Waals surface area contributed by atoms with Crippen molar-refractivity contribution in [3.63, 3.8) is 0 Å². The number of nitrogens with two attached hydrogens (primary N) is 1. The van der Waals surface area contributed by atoms with Crippen LogP contribution in [0.3, 0.4) is 0 Å². The summed E-state index contributed by atoms with van der Waals surface area (Å²) in [7, 11) is -3.34. The molecule has 1 aliphatic heterocycles. The van der Waals surface area contributed by atoms with E-state index in [0.29, 0.717) is 23.9 Å². The first-order valence-corrected chi connectivity index (χ1v) is 8.90. The van der Waals surface area contributed by atoms with Crippen molar-refractivity contribution in [2.45, 2.75) is 5.37 Å². The zero-order valence-corrected chi connectivity index (χ0v) is 12.4. The molecule has 0 aromatic carbocycles. The molecule has 1 saturated heterocycles. The lowest BCUT2D eigenvalue weighted by Crippen LogP contribution is -2.50. The van der Waals surface area contributed by atoms with Crippen LogP contribution in [0.5, 0.6) is 0 Å². The van der Waals surface area contributed by atoms with Crippen molar-refractivity contribution < 1.29 is 13.2 Å². The van der Waals surface area contributed by atoms with Crippen LogP contribution in [-0.2, 0) is 9.84 Å². The van der Waals surface area contributed by atoms with Gasteiger partial charge in [-0.2, -0.15) is 11.8 Å². The molecule has 1 fully saturated rings. The van der Waals surface area contributed by atoms with Gasteiger partial charge in [-0.15, -0.1) is 0 Å². The predicted octanol–water partition coefficient (Wildman–Crippen LogP) is -0.678. The van der Waals surface area contributed by atoms with Crippen LogP contribution >= 0.6 is 11.8 Å². The van der Waals surface area contributed by atoms with Crippen molar-refractivity contribution in [1.29, 1.82) is 0 Å². The van der Waals surface area contributed by atoms with Gasteiger partial charge in [0.1, 0.15) is 11.1 Å². The third-order valence-corrected chi connectivity index (χ3v) is 5.50. The molecular formula is C10H15N5O3S2. The van der Waals surface area contributed by atoms with Crippen LogP contribution in [0.4, 0.5) is 5.82 Å². The van der Waals surface area contributed by atoms with Gasteiger partial charge in [-0.05, 0) is 0 Å². The Morgan fingerprint density at radius 2 is 2.25 bits per heavy atom. The van der Waals surface area contributed by atoms with Gasteiger partial charge in [-0.25, -0.2) is 24.2 Å². The number of aromatic nitrogens is 2. The molecule has 8 nitrogen and oxygen atoms in total. The van der Waals surface area contributed by atoms with Gasteiger partial charge in [0.15, 0.2) is 15.7 Å². The number of hydrazine groups is 1. The third kappa shape index (κ3) is 3.19. The molecule has 2 rings (SSSR count). The van der Waals surface area contributed by atoms with Gasteiger partial charge in [0.05, 0.1) is 12.4 Å². The molecular weight excluding hydrogens is 302 g/mol.